The molecule has 4 aliphatic rings. The molecule has 0 saturated carbocycles. The molecule has 4 heterocycles. The number of hydrogen-bond acceptors (Lipinski definition) is 13. The Hall–Kier alpha value is -2.76. The second kappa shape index (κ2) is 16.6. The number of aliphatic hydroxyl groups excluding tert-OH is 4. The zero-order chi connectivity index (χ0) is 34.3. The Morgan fingerprint density at radius 2 is 1.64 bits per heavy atom. The lowest BCUT2D eigenvalue weighted by atomic mass is 9.83. The number of carboxylic acid groups (broad SMARTS) is 1. The normalized spacial score (nSPS) is 47.2. The first-order chi connectivity index (χ1) is 22.3. The van der Waals surface area contributed by atoms with Gasteiger partial charge in [-0.3, -0.25) is 4.79 Å². The fourth-order valence-corrected chi connectivity index (χ4v) is 6.00. The number of aliphatic hydroxyl groups is 5. The topological polar surface area (TPSA) is 231 Å². The fourth-order valence-electron chi connectivity index (χ4n) is 6.00. The van der Waals surface area contributed by atoms with E-state index in [-0.39, 0.29) is 25.4 Å². The summed E-state index contributed by atoms with van der Waals surface area (Å²) in [7, 11) is 0. The van der Waals surface area contributed by atoms with Gasteiger partial charge >= 0.3 is 11.9 Å². The maximum absolute atomic E-state index is 12.3. The summed E-state index contributed by atoms with van der Waals surface area (Å²) in [6, 6.07) is -1.08. The molecule has 8 N–H and O–H groups in total. The van der Waals surface area contributed by atoms with Gasteiger partial charge in [0.25, 0.3) is 0 Å². The smallest absolute Gasteiger partial charge is 0.330 e. The number of allylic oxidation sites excluding steroid dienone is 6. The van der Waals surface area contributed by atoms with E-state index in [9.17, 15) is 40.2 Å². The summed E-state index contributed by atoms with van der Waals surface area (Å²) in [5, 5.41) is 63.9. The lowest BCUT2D eigenvalue weighted by Crippen LogP contribution is -2.61. The Balaban J connectivity index is 1.58. The van der Waals surface area contributed by atoms with Gasteiger partial charge in [0, 0.05) is 38.2 Å². The maximum atomic E-state index is 12.3. The number of carbonyl (C=O) groups is 2. The Morgan fingerprint density at radius 3 is 2.36 bits per heavy atom. The highest BCUT2D eigenvalue weighted by Gasteiger charge is 2.51. The van der Waals surface area contributed by atoms with Gasteiger partial charge in [0.05, 0.1) is 48.8 Å². The van der Waals surface area contributed by atoms with Crippen LogP contribution in [0, 0.1) is 5.92 Å². The van der Waals surface area contributed by atoms with E-state index in [0.29, 0.717) is 6.42 Å². The van der Waals surface area contributed by atoms with Crippen molar-refractivity contribution in [3.8, 4) is 0 Å². The summed E-state index contributed by atoms with van der Waals surface area (Å²) in [4.78, 5) is 24.4. The number of epoxide rings is 1. The lowest BCUT2D eigenvalue weighted by molar-refractivity contribution is -0.308. The summed E-state index contributed by atoms with van der Waals surface area (Å²) in [5.41, 5.74) is 5.98. The van der Waals surface area contributed by atoms with Gasteiger partial charge in [-0.2, -0.15) is 0 Å². The SMILES string of the molecule is CC1O[C@@H](O[C@H]2/C=C/C=C/C=C/C=C/C[C@@H](C)OC(=O)/C=C/[C@H]3O[C@@H]3C[C@H](O)C[C@]3(O)C[C@H](O)[C@@H](C(=O)O)[C@H](C2)O3)C(O)[C@H](N)[C@@H]1O. The van der Waals surface area contributed by atoms with Crippen molar-refractivity contribution in [1.82, 2.24) is 0 Å². The van der Waals surface area contributed by atoms with Crippen molar-refractivity contribution < 1.29 is 63.9 Å². The molecule has 2 unspecified atom stereocenters. The average molecular weight is 666 g/mol. The fraction of sp³-hybridized carbons (Fsp3) is 0.636. The number of aliphatic carboxylic acids is 1. The minimum Gasteiger partial charge on any atom is -0.481 e. The second-order valence-corrected chi connectivity index (χ2v) is 12.6. The van der Waals surface area contributed by atoms with Gasteiger partial charge in [0.1, 0.15) is 24.2 Å². The lowest BCUT2D eigenvalue weighted by Gasteiger charge is -2.45. The zero-order valence-corrected chi connectivity index (χ0v) is 26.4. The molecule has 262 valence electrons. The second-order valence-electron chi connectivity index (χ2n) is 12.6. The molecule has 0 aromatic rings. The number of fused-ring (bicyclic) bond motifs is 3. The Bertz CT molecular complexity index is 1220. The Kier molecular flexibility index (Phi) is 13.1. The van der Waals surface area contributed by atoms with E-state index in [4.69, 9.17) is 29.4 Å². The largest absolute Gasteiger partial charge is 0.481 e. The number of rotatable bonds is 3. The van der Waals surface area contributed by atoms with Gasteiger partial charge < -0.3 is 60.1 Å². The van der Waals surface area contributed by atoms with Crippen LogP contribution >= 0.6 is 0 Å². The van der Waals surface area contributed by atoms with Crippen molar-refractivity contribution in [1.29, 1.82) is 0 Å². The number of hydrogen-bond donors (Lipinski definition) is 7. The summed E-state index contributed by atoms with van der Waals surface area (Å²) in [5.74, 6) is -5.45. The van der Waals surface area contributed by atoms with Crippen molar-refractivity contribution in [3.05, 3.63) is 60.8 Å². The summed E-state index contributed by atoms with van der Waals surface area (Å²) in [6.45, 7) is 3.34. The van der Waals surface area contributed by atoms with Crippen LogP contribution in [0.15, 0.2) is 60.8 Å². The molecule has 0 aliphatic carbocycles. The Morgan fingerprint density at radius 1 is 0.936 bits per heavy atom. The van der Waals surface area contributed by atoms with Crippen molar-refractivity contribution >= 4 is 11.9 Å². The molecule has 3 fully saturated rings. The van der Waals surface area contributed by atoms with Crippen LogP contribution in [0.5, 0.6) is 0 Å². The van der Waals surface area contributed by atoms with Crippen molar-refractivity contribution in [3.63, 3.8) is 0 Å². The molecule has 2 bridgehead atoms. The first-order valence-corrected chi connectivity index (χ1v) is 15.9. The van der Waals surface area contributed by atoms with Gasteiger partial charge in [-0.15, -0.1) is 0 Å². The third kappa shape index (κ3) is 10.6. The first-order valence-electron chi connectivity index (χ1n) is 15.9. The number of nitrogens with two attached hydrogens (primary N) is 1. The van der Waals surface area contributed by atoms with Crippen molar-refractivity contribution in [2.45, 2.75) is 125 Å². The average Bonchev–Trinajstić information content (AvgIpc) is 3.72. The molecule has 3 saturated heterocycles. The summed E-state index contributed by atoms with van der Waals surface area (Å²) >= 11 is 0. The molecule has 4 aliphatic heterocycles. The molecule has 0 radical (unpaired) electrons. The molecule has 14 nitrogen and oxygen atoms in total. The molecular formula is C33H47NO13. The minimum atomic E-state index is -2.10. The van der Waals surface area contributed by atoms with Crippen LogP contribution in [-0.2, 0) is 33.3 Å². The van der Waals surface area contributed by atoms with E-state index in [1.807, 2.05) is 6.08 Å². The molecule has 14 atom stereocenters. The van der Waals surface area contributed by atoms with Crippen molar-refractivity contribution in [2.75, 3.05) is 0 Å². The summed E-state index contributed by atoms with van der Waals surface area (Å²) < 4.78 is 28.5. The highest BCUT2D eigenvalue weighted by atomic mass is 16.7. The van der Waals surface area contributed by atoms with Gasteiger partial charge in [0.15, 0.2) is 12.1 Å². The van der Waals surface area contributed by atoms with Gasteiger partial charge in [-0.25, -0.2) is 4.79 Å². The molecule has 0 spiro atoms. The monoisotopic (exact) mass is 665 g/mol. The van der Waals surface area contributed by atoms with E-state index in [2.05, 4.69) is 0 Å². The number of ether oxygens (including phenoxy) is 5. The molecule has 47 heavy (non-hydrogen) atoms. The molecule has 0 amide bonds. The third-order valence-electron chi connectivity index (χ3n) is 8.58. The van der Waals surface area contributed by atoms with Crippen LogP contribution in [0.1, 0.15) is 46.0 Å². The molecule has 4 rings (SSSR count). The van der Waals surface area contributed by atoms with E-state index in [1.54, 1.807) is 56.4 Å². The highest BCUT2D eigenvalue weighted by molar-refractivity contribution is 5.82. The predicted molar refractivity (Wildman–Crippen MR) is 165 cm³/mol. The van der Waals surface area contributed by atoms with Crippen molar-refractivity contribution in [2.24, 2.45) is 11.7 Å². The van der Waals surface area contributed by atoms with Crippen LogP contribution in [0.3, 0.4) is 0 Å². The predicted octanol–water partition coefficient (Wildman–Crippen LogP) is 0.120. The van der Waals surface area contributed by atoms with Crippen LogP contribution in [-0.4, -0.2) is 122 Å². The van der Waals surface area contributed by atoms with Gasteiger partial charge in [-0.1, -0.05) is 48.6 Å². The van der Waals surface area contributed by atoms with Crippen LogP contribution in [0.4, 0.5) is 0 Å². The molecule has 14 heteroatoms. The number of carboxylic acids is 1. The number of esters is 1. The van der Waals surface area contributed by atoms with E-state index >= 15 is 0 Å². The number of cyclic esters (lactones) is 1. The highest BCUT2D eigenvalue weighted by Crippen LogP contribution is 2.39. The van der Waals surface area contributed by atoms with Crippen LogP contribution < -0.4 is 5.73 Å². The maximum Gasteiger partial charge on any atom is 0.330 e. The number of carbonyl (C=O) groups excluding carboxylic acids is 1. The molecule has 0 aromatic carbocycles. The standard InChI is InChI=1S/C33H47NO13/c1-18-10-8-6-4-3-5-7-9-11-21(45-32-30(39)28(34)29(38)19(2)44-32)15-25-27(31(40)41)22(36)17-33(42,47-25)16-20(35)14-24-23(46-24)12-13-26(37)43-18/h3-9,11-13,18-25,27-30,32,35-36,38-39,42H,10,14-17,34H2,1-2H3,(H,40,41)/b4-3+,7-5+,8-6+,11-9+,13-12+/t18-,19?,20+,21+,22+,23-,24-,25+,27-,28-,29-,30?,32+,33-/m1/s1. The zero-order valence-electron chi connectivity index (χ0n) is 26.4. The van der Waals surface area contributed by atoms with E-state index in [1.165, 1.54) is 12.2 Å². The van der Waals surface area contributed by atoms with Crippen LogP contribution in [0.2, 0.25) is 0 Å². The third-order valence-corrected chi connectivity index (χ3v) is 8.58. The van der Waals surface area contributed by atoms with Crippen LogP contribution in [0.25, 0.3) is 0 Å². The summed E-state index contributed by atoms with van der Waals surface area (Å²) in [6.07, 6.45) is 5.25. The minimum absolute atomic E-state index is 0.0789. The van der Waals surface area contributed by atoms with E-state index < -0.39 is 97.3 Å². The van der Waals surface area contributed by atoms with Gasteiger partial charge in [0.2, 0.25) is 0 Å². The molecule has 0 aromatic heterocycles. The van der Waals surface area contributed by atoms with Gasteiger partial charge in [-0.05, 0) is 19.9 Å². The first kappa shape index (κ1) is 37.1. The molecular weight excluding hydrogens is 618 g/mol. The quantitative estimate of drug-likeness (QED) is 0.157. The van der Waals surface area contributed by atoms with E-state index in [0.717, 1.165) is 0 Å². The Labute approximate surface area is 273 Å².